The molecule has 21 heavy (non-hydrogen) atoms. The van der Waals surface area contributed by atoms with Crippen LogP contribution in [0, 0.1) is 0 Å². The lowest BCUT2D eigenvalue weighted by atomic mass is 10.2. The van der Waals surface area contributed by atoms with Crippen LogP contribution < -0.4 is 10.2 Å². The summed E-state index contributed by atoms with van der Waals surface area (Å²) in [5.74, 6) is 0. The normalized spacial score (nSPS) is 11.2. The van der Waals surface area contributed by atoms with Gasteiger partial charge in [-0.2, -0.15) is 24.5 Å². The van der Waals surface area contributed by atoms with E-state index in [0.29, 0.717) is 12.2 Å². The number of nitrogens with one attached hydrogen (secondary N) is 1. The van der Waals surface area contributed by atoms with E-state index in [0.717, 1.165) is 12.1 Å². The number of hydrogen-bond donors (Lipinski definition) is 1. The smallest absolute Gasteiger partial charge is 0.308 e. The number of benzene rings is 1. The predicted molar refractivity (Wildman–Crippen MR) is 77.8 cm³/mol. The van der Waals surface area contributed by atoms with E-state index in [4.69, 9.17) is 0 Å². The third-order valence-corrected chi connectivity index (χ3v) is 3.49. The molecule has 1 aromatic heterocycles. The van der Waals surface area contributed by atoms with Gasteiger partial charge in [-0.25, -0.2) is 4.79 Å². The second kappa shape index (κ2) is 6.17. The average Bonchev–Trinajstić information content (AvgIpc) is 2.93. The number of anilines is 2. The van der Waals surface area contributed by atoms with Crippen molar-refractivity contribution in [1.29, 1.82) is 0 Å². The fourth-order valence-electron chi connectivity index (χ4n) is 1.82. The average molecular weight is 314 g/mol. The van der Waals surface area contributed by atoms with E-state index in [2.05, 4.69) is 5.32 Å². The first-order valence-corrected chi connectivity index (χ1v) is 7.14. The van der Waals surface area contributed by atoms with Crippen LogP contribution in [0.4, 0.5) is 29.3 Å². The second-order valence-corrected chi connectivity index (χ2v) is 5.01. The van der Waals surface area contributed by atoms with Gasteiger partial charge in [-0.1, -0.05) is 6.07 Å². The topological polar surface area (TPSA) is 32.3 Å². The van der Waals surface area contributed by atoms with Crippen LogP contribution in [-0.2, 0) is 6.18 Å². The lowest BCUT2D eigenvalue weighted by Gasteiger charge is -2.20. The molecule has 1 heterocycles. The van der Waals surface area contributed by atoms with E-state index >= 15 is 0 Å². The summed E-state index contributed by atoms with van der Waals surface area (Å²) in [6, 6.07) is 5.88. The number of carbonyl (C=O) groups excluding carboxylic acids is 1. The van der Waals surface area contributed by atoms with Crippen LogP contribution in [0.3, 0.4) is 0 Å². The summed E-state index contributed by atoms with van der Waals surface area (Å²) in [5.41, 5.74) is 0.0364. The Balaban J connectivity index is 2.16. The first-order valence-electron chi connectivity index (χ1n) is 6.20. The Labute approximate surface area is 124 Å². The van der Waals surface area contributed by atoms with Gasteiger partial charge in [0.05, 0.1) is 11.3 Å². The molecule has 2 rings (SSSR count). The van der Waals surface area contributed by atoms with E-state index in [1.54, 1.807) is 18.4 Å². The summed E-state index contributed by atoms with van der Waals surface area (Å²) in [6.07, 6.45) is -4.43. The molecule has 0 saturated heterocycles. The van der Waals surface area contributed by atoms with Crippen LogP contribution in [0.15, 0.2) is 41.1 Å². The molecule has 0 aliphatic rings. The quantitative estimate of drug-likeness (QED) is 0.865. The molecule has 0 aliphatic carbocycles. The molecule has 0 saturated carbocycles. The van der Waals surface area contributed by atoms with Crippen LogP contribution >= 0.6 is 11.3 Å². The largest absolute Gasteiger partial charge is 0.416 e. The number of hydrogen-bond acceptors (Lipinski definition) is 2. The number of thiophene rings is 1. The Morgan fingerprint density at radius 3 is 2.67 bits per heavy atom. The molecule has 0 fully saturated rings. The van der Waals surface area contributed by atoms with Crippen molar-refractivity contribution in [2.75, 3.05) is 16.8 Å². The third-order valence-electron chi connectivity index (χ3n) is 2.82. The minimum absolute atomic E-state index is 0.114. The Morgan fingerprint density at radius 1 is 1.33 bits per heavy atom. The van der Waals surface area contributed by atoms with Gasteiger partial charge in [0.1, 0.15) is 0 Å². The highest BCUT2D eigenvalue weighted by Crippen LogP contribution is 2.30. The summed E-state index contributed by atoms with van der Waals surface area (Å²) in [6.45, 7) is 2.21. The monoisotopic (exact) mass is 314 g/mol. The first-order chi connectivity index (χ1) is 9.91. The number of amides is 2. The zero-order valence-electron chi connectivity index (χ0n) is 11.1. The standard InChI is InChI=1S/C14H13F3N2OS/c1-2-19(12-6-7-21-9-12)13(20)18-11-5-3-4-10(8-11)14(15,16)17/h3-9H,2H2,1H3,(H,18,20). The molecule has 2 amide bonds. The van der Waals surface area contributed by atoms with Gasteiger partial charge in [0.2, 0.25) is 0 Å². The molecule has 1 aromatic carbocycles. The fraction of sp³-hybridized carbons (Fsp3) is 0.214. The van der Waals surface area contributed by atoms with Crippen LogP contribution in [0.5, 0.6) is 0 Å². The van der Waals surface area contributed by atoms with E-state index in [1.807, 2.05) is 5.38 Å². The molecule has 1 N–H and O–H groups in total. The van der Waals surface area contributed by atoms with E-state index in [9.17, 15) is 18.0 Å². The van der Waals surface area contributed by atoms with Crippen LogP contribution in [0.2, 0.25) is 0 Å². The molecule has 7 heteroatoms. The van der Waals surface area contributed by atoms with Crippen molar-refractivity contribution in [3.05, 3.63) is 46.7 Å². The lowest BCUT2D eigenvalue weighted by molar-refractivity contribution is -0.137. The van der Waals surface area contributed by atoms with Crippen molar-refractivity contribution in [2.24, 2.45) is 0 Å². The minimum Gasteiger partial charge on any atom is -0.308 e. The van der Waals surface area contributed by atoms with E-state index in [1.165, 1.54) is 28.4 Å². The molecule has 0 unspecified atom stereocenters. The number of carbonyl (C=O) groups is 1. The highest BCUT2D eigenvalue weighted by Gasteiger charge is 2.30. The van der Waals surface area contributed by atoms with Crippen molar-refractivity contribution in [2.45, 2.75) is 13.1 Å². The molecule has 0 atom stereocenters. The molecule has 0 radical (unpaired) electrons. The van der Waals surface area contributed by atoms with Crippen LogP contribution in [0.1, 0.15) is 12.5 Å². The zero-order chi connectivity index (χ0) is 15.5. The van der Waals surface area contributed by atoms with E-state index < -0.39 is 17.8 Å². The SMILES string of the molecule is CCN(C(=O)Nc1cccc(C(F)(F)F)c1)c1ccsc1. The Kier molecular flexibility index (Phi) is 4.52. The highest BCUT2D eigenvalue weighted by molar-refractivity contribution is 7.08. The number of urea groups is 1. The molecular formula is C14H13F3N2OS. The van der Waals surface area contributed by atoms with Gasteiger partial charge in [0, 0.05) is 17.6 Å². The predicted octanol–water partition coefficient (Wildman–Crippen LogP) is 4.83. The summed E-state index contributed by atoms with van der Waals surface area (Å²) >= 11 is 1.44. The Morgan fingerprint density at radius 2 is 2.10 bits per heavy atom. The van der Waals surface area contributed by atoms with Crippen molar-refractivity contribution in [1.82, 2.24) is 0 Å². The molecule has 0 spiro atoms. The van der Waals surface area contributed by atoms with Gasteiger partial charge in [-0.15, -0.1) is 0 Å². The molecule has 0 aliphatic heterocycles. The number of nitrogens with zero attached hydrogens (tertiary/aromatic N) is 1. The van der Waals surface area contributed by atoms with Gasteiger partial charge in [0.25, 0.3) is 0 Å². The minimum atomic E-state index is -4.43. The van der Waals surface area contributed by atoms with Crippen LogP contribution in [0.25, 0.3) is 0 Å². The second-order valence-electron chi connectivity index (χ2n) is 4.23. The summed E-state index contributed by atoms with van der Waals surface area (Å²) in [7, 11) is 0. The number of halogens is 3. The Hall–Kier alpha value is -2.02. The third kappa shape index (κ3) is 3.75. The highest BCUT2D eigenvalue weighted by atomic mass is 32.1. The van der Waals surface area contributed by atoms with Crippen molar-refractivity contribution in [3.8, 4) is 0 Å². The summed E-state index contributed by atoms with van der Waals surface area (Å²) in [5, 5.41) is 6.12. The molecule has 0 bridgehead atoms. The maximum absolute atomic E-state index is 12.6. The van der Waals surface area contributed by atoms with Gasteiger partial charge in [0.15, 0.2) is 0 Å². The van der Waals surface area contributed by atoms with Gasteiger partial charge < -0.3 is 5.32 Å². The van der Waals surface area contributed by atoms with Crippen molar-refractivity contribution < 1.29 is 18.0 Å². The van der Waals surface area contributed by atoms with E-state index in [-0.39, 0.29) is 5.69 Å². The molecule has 112 valence electrons. The van der Waals surface area contributed by atoms with Gasteiger partial charge in [-0.3, -0.25) is 4.90 Å². The fourth-order valence-corrected chi connectivity index (χ4v) is 2.46. The maximum atomic E-state index is 12.6. The number of alkyl halides is 3. The molecule has 3 nitrogen and oxygen atoms in total. The summed E-state index contributed by atoms with van der Waals surface area (Å²) in [4.78, 5) is 13.6. The van der Waals surface area contributed by atoms with Crippen molar-refractivity contribution in [3.63, 3.8) is 0 Å². The maximum Gasteiger partial charge on any atom is 0.416 e. The van der Waals surface area contributed by atoms with Crippen LogP contribution in [-0.4, -0.2) is 12.6 Å². The lowest BCUT2D eigenvalue weighted by Crippen LogP contribution is -2.34. The van der Waals surface area contributed by atoms with Gasteiger partial charge in [-0.05, 0) is 36.6 Å². The molecular weight excluding hydrogens is 301 g/mol. The first kappa shape index (κ1) is 15.4. The molecule has 2 aromatic rings. The summed E-state index contributed by atoms with van der Waals surface area (Å²) < 4.78 is 37.9. The zero-order valence-corrected chi connectivity index (χ0v) is 12.0. The number of rotatable bonds is 3. The van der Waals surface area contributed by atoms with Crippen molar-refractivity contribution >= 4 is 28.7 Å². The van der Waals surface area contributed by atoms with Gasteiger partial charge >= 0.3 is 12.2 Å². The Bertz CT molecular complexity index is 611.